The molecule has 0 saturated heterocycles. The Morgan fingerprint density at radius 2 is 1.94 bits per heavy atom. The first-order valence-electron chi connectivity index (χ1n) is 5.91. The minimum Gasteiger partial charge on any atom is -0.343 e. The summed E-state index contributed by atoms with van der Waals surface area (Å²) >= 11 is 5.16. The summed E-state index contributed by atoms with van der Waals surface area (Å²) in [5.41, 5.74) is 1.90. The minimum atomic E-state index is -0.254. The molecule has 2 aromatic rings. The Morgan fingerprint density at radius 3 is 2.56 bits per heavy atom. The summed E-state index contributed by atoms with van der Waals surface area (Å²) in [6.45, 7) is 4.30. The van der Waals surface area contributed by atoms with Gasteiger partial charge in [0.25, 0.3) is 0 Å². The molecule has 0 aliphatic heterocycles. The van der Waals surface area contributed by atoms with E-state index < -0.39 is 0 Å². The Labute approximate surface area is 111 Å². The number of rotatable bonds is 3. The molecule has 2 rings (SSSR count). The molecule has 0 saturated carbocycles. The molecule has 2 nitrogen and oxygen atoms in total. The second kappa shape index (κ2) is 5.40. The lowest BCUT2D eigenvalue weighted by molar-refractivity contribution is 0.628. The van der Waals surface area contributed by atoms with E-state index in [0.29, 0.717) is 16.4 Å². The van der Waals surface area contributed by atoms with Gasteiger partial charge in [-0.15, -0.1) is 0 Å². The zero-order chi connectivity index (χ0) is 13.1. The molecule has 0 spiro atoms. The fourth-order valence-corrected chi connectivity index (χ4v) is 2.04. The van der Waals surface area contributed by atoms with Crippen molar-refractivity contribution < 1.29 is 4.39 Å². The molecule has 4 heteroatoms. The van der Waals surface area contributed by atoms with Crippen molar-refractivity contribution >= 4 is 12.2 Å². The van der Waals surface area contributed by atoms with Crippen LogP contribution in [0.2, 0.25) is 0 Å². The number of benzene rings is 1. The minimum absolute atomic E-state index is 0.254. The van der Waals surface area contributed by atoms with Gasteiger partial charge in [-0.3, -0.25) is 0 Å². The van der Waals surface area contributed by atoms with E-state index in [-0.39, 0.29) is 5.82 Å². The standard InChI is InChI=1S/C14H15FN2S/c1-9(2)7-12-8-13(18)17-14(16-12)10-3-5-11(15)6-4-10/h3-6,8-9H,7H2,1-2H3,(H,16,17,18). The highest BCUT2D eigenvalue weighted by Gasteiger charge is 2.04. The second-order valence-electron chi connectivity index (χ2n) is 4.70. The van der Waals surface area contributed by atoms with Gasteiger partial charge < -0.3 is 4.98 Å². The summed E-state index contributed by atoms with van der Waals surface area (Å²) in [5.74, 6) is 0.980. The van der Waals surface area contributed by atoms with Gasteiger partial charge in [0.05, 0.1) is 0 Å². The highest BCUT2D eigenvalue weighted by atomic mass is 32.1. The van der Waals surface area contributed by atoms with E-state index in [1.807, 2.05) is 6.07 Å². The molecule has 0 fully saturated rings. The van der Waals surface area contributed by atoms with E-state index in [1.54, 1.807) is 12.1 Å². The maximum atomic E-state index is 12.9. The van der Waals surface area contributed by atoms with E-state index in [9.17, 15) is 4.39 Å². The quantitative estimate of drug-likeness (QED) is 0.842. The van der Waals surface area contributed by atoms with Crippen molar-refractivity contribution in [2.24, 2.45) is 5.92 Å². The van der Waals surface area contributed by atoms with Crippen molar-refractivity contribution in [1.82, 2.24) is 9.97 Å². The average Bonchev–Trinajstić information content (AvgIpc) is 2.28. The van der Waals surface area contributed by atoms with Gasteiger partial charge in [-0.25, -0.2) is 9.37 Å². The van der Waals surface area contributed by atoms with Crippen LogP contribution in [0.1, 0.15) is 19.5 Å². The first-order chi connectivity index (χ1) is 8.54. The summed E-state index contributed by atoms with van der Waals surface area (Å²) in [5, 5.41) is 0. The lowest BCUT2D eigenvalue weighted by Gasteiger charge is -2.08. The number of aromatic nitrogens is 2. The number of halogens is 1. The fourth-order valence-electron chi connectivity index (χ4n) is 1.80. The van der Waals surface area contributed by atoms with Crippen molar-refractivity contribution in [2.75, 3.05) is 0 Å². The van der Waals surface area contributed by atoms with Crippen LogP contribution in [0.15, 0.2) is 30.3 Å². The maximum Gasteiger partial charge on any atom is 0.139 e. The Kier molecular flexibility index (Phi) is 3.87. The molecule has 0 aliphatic carbocycles. The Hall–Kier alpha value is -1.55. The molecule has 0 amide bonds. The highest BCUT2D eigenvalue weighted by Crippen LogP contribution is 2.16. The van der Waals surface area contributed by atoms with Crippen molar-refractivity contribution in [3.8, 4) is 11.4 Å². The van der Waals surface area contributed by atoms with E-state index >= 15 is 0 Å². The van der Waals surface area contributed by atoms with Crippen LogP contribution in [0, 0.1) is 16.4 Å². The Balaban J connectivity index is 2.41. The van der Waals surface area contributed by atoms with Crippen molar-refractivity contribution in [3.05, 3.63) is 46.5 Å². The van der Waals surface area contributed by atoms with Gasteiger partial charge >= 0.3 is 0 Å². The summed E-state index contributed by atoms with van der Waals surface area (Å²) < 4.78 is 13.4. The molecule has 0 aliphatic rings. The monoisotopic (exact) mass is 262 g/mol. The molecule has 18 heavy (non-hydrogen) atoms. The van der Waals surface area contributed by atoms with Crippen LogP contribution in [-0.2, 0) is 6.42 Å². The normalized spacial score (nSPS) is 10.9. The summed E-state index contributed by atoms with van der Waals surface area (Å²) in [6, 6.07) is 8.11. The van der Waals surface area contributed by atoms with E-state index in [0.717, 1.165) is 17.7 Å². The van der Waals surface area contributed by atoms with Crippen LogP contribution in [-0.4, -0.2) is 9.97 Å². The number of hydrogen-bond acceptors (Lipinski definition) is 2. The topological polar surface area (TPSA) is 28.7 Å². The Bertz CT molecular complexity index is 587. The largest absolute Gasteiger partial charge is 0.343 e. The van der Waals surface area contributed by atoms with Gasteiger partial charge in [-0.2, -0.15) is 0 Å². The number of nitrogens with zero attached hydrogens (tertiary/aromatic N) is 1. The lowest BCUT2D eigenvalue weighted by Crippen LogP contribution is -2.00. The zero-order valence-electron chi connectivity index (χ0n) is 10.4. The molecule has 1 heterocycles. The molecule has 1 N–H and O–H groups in total. The number of nitrogens with one attached hydrogen (secondary N) is 1. The summed E-state index contributed by atoms with van der Waals surface area (Å²) in [6.07, 6.45) is 0.917. The fraction of sp³-hybridized carbons (Fsp3) is 0.286. The highest BCUT2D eigenvalue weighted by molar-refractivity contribution is 7.71. The number of aromatic amines is 1. The Morgan fingerprint density at radius 1 is 1.28 bits per heavy atom. The molecule has 0 radical (unpaired) electrons. The van der Waals surface area contributed by atoms with E-state index in [2.05, 4.69) is 23.8 Å². The second-order valence-corrected chi connectivity index (χ2v) is 5.12. The molecule has 0 bridgehead atoms. The van der Waals surface area contributed by atoms with Crippen molar-refractivity contribution in [2.45, 2.75) is 20.3 Å². The predicted molar refractivity (Wildman–Crippen MR) is 73.4 cm³/mol. The molecule has 1 aromatic carbocycles. The van der Waals surface area contributed by atoms with Crippen LogP contribution in [0.25, 0.3) is 11.4 Å². The van der Waals surface area contributed by atoms with Gasteiger partial charge in [-0.05, 0) is 42.7 Å². The summed E-state index contributed by atoms with van der Waals surface area (Å²) in [7, 11) is 0. The number of H-pyrrole nitrogens is 1. The van der Waals surface area contributed by atoms with Crippen molar-refractivity contribution in [1.29, 1.82) is 0 Å². The van der Waals surface area contributed by atoms with E-state index in [4.69, 9.17) is 12.2 Å². The molecule has 0 atom stereocenters. The predicted octanol–water partition coefficient (Wildman–Crippen LogP) is 4.14. The summed E-state index contributed by atoms with van der Waals surface area (Å²) in [4.78, 5) is 7.53. The van der Waals surface area contributed by atoms with Crippen LogP contribution in [0.3, 0.4) is 0 Å². The van der Waals surface area contributed by atoms with Gasteiger partial charge in [0.1, 0.15) is 16.3 Å². The molecule has 0 unspecified atom stereocenters. The molecular formula is C14H15FN2S. The van der Waals surface area contributed by atoms with Crippen LogP contribution >= 0.6 is 12.2 Å². The van der Waals surface area contributed by atoms with E-state index in [1.165, 1.54) is 12.1 Å². The first-order valence-corrected chi connectivity index (χ1v) is 6.31. The van der Waals surface area contributed by atoms with Crippen LogP contribution in [0.5, 0.6) is 0 Å². The molecule has 1 aromatic heterocycles. The van der Waals surface area contributed by atoms with Crippen molar-refractivity contribution in [3.63, 3.8) is 0 Å². The van der Waals surface area contributed by atoms with Gasteiger partial charge in [-0.1, -0.05) is 26.1 Å². The van der Waals surface area contributed by atoms with Gasteiger partial charge in [0.15, 0.2) is 0 Å². The van der Waals surface area contributed by atoms with Crippen LogP contribution < -0.4 is 0 Å². The zero-order valence-corrected chi connectivity index (χ0v) is 11.2. The third kappa shape index (κ3) is 3.23. The smallest absolute Gasteiger partial charge is 0.139 e. The van der Waals surface area contributed by atoms with Gasteiger partial charge in [0, 0.05) is 11.3 Å². The maximum absolute atomic E-state index is 12.9. The first kappa shape index (κ1) is 12.9. The average molecular weight is 262 g/mol. The number of hydrogen-bond donors (Lipinski definition) is 1. The van der Waals surface area contributed by atoms with Crippen LogP contribution in [0.4, 0.5) is 4.39 Å². The molecule has 94 valence electrons. The SMILES string of the molecule is CC(C)Cc1cc(=S)nc(-c2ccc(F)cc2)[nH]1. The van der Waals surface area contributed by atoms with Gasteiger partial charge in [0.2, 0.25) is 0 Å². The third-order valence-electron chi connectivity index (χ3n) is 2.54. The molecular weight excluding hydrogens is 247 g/mol. The lowest BCUT2D eigenvalue weighted by atomic mass is 10.1. The third-order valence-corrected chi connectivity index (χ3v) is 2.75.